The highest BCUT2D eigenvalue weighted by Crippen LogP contribution is 2.31. The average Bonchev–Trinajstić information content (AvgIpc) is 2.87. The van der Waals surface area contributed by atoms with Crippen LogP contribution in [0.25, 0.3) is 0 Å². The number of halogens is 3. The Bertz CT molecular complexity index is 741. The largest absolute Gasteiger partial charge is 0.465 e. The van der Waals surface area contributed by atoms with E-state index in [0.717, 1.165) is 23.6 Å². The van der Waals surface area contributed by atoms with Crippen molar-refractivity contribution < 1.29 is 22.7 Å². The topological polar surface area (TPSA) is 63.6 Å². The number of nitrogens with zero attached hydrogens (tertiary/aromatic N) is 2. The van der Waals surface area contributed by atoms with Gasteiger partial charge in [0.05, 0.1) is 24.6 Å². The number of hydrazone groups is 1. The Labute approximate surface area is 133 Å². The lowest BCUT2D eigenvalue weighted by molar-refractivity contribution is -0.137. The third kappa shape index (κ3) is 4.07. The fourth-order valence-corrected chi connectivity index (χ4v) is 2.59. The maximum atomic E-state index is 12.8. The Morgan fingerprint density at radius 2 is 2.09 bits per heavy atom. The van der Waals surface area contributed by atoms with Gasteiger partial charge in [0.25, 0.3) is 0 Å². The Hall–Kier alpha value is -2.42. The zero-order chi connectivity index (χ0) is 17.0. The molecule has 23 heavy (non-hydrogen) atoms. The molecule has 9 heteroatoms. The minimum atomic E-state index is -4.46. The molecule has 1 aromatic carbocycles. The van der Waals surface area contributed by atoms with Gasteiger partial charge in [0.15, 0.2) is 0 Å². The normalized spacial score (nSPS) is 11.7. The predicted octanol–water partition coefficient (Wildman–Crippen LogP) is 3.70. The van der Waals surface area contributed by atoms with Crippen molar-refractivity contribution in [2.45, 2.75) is 13.1 Å². The summed E-state index contributed by atoms with van der Waals surface area (Å²) in [6, 6.07) is 5.07. The number of aryl methyl sites for hydroxylation is 1. The van der Waals surface area contributed by atoms with Crippen LogP contribution in [0.5, 0.6) is 0 Å². The number of benzene rings is 1. The third-order valence-electron chi connectivity index (χ3n) is 2.80. The second kappa shape index (κ2) is 6.78. The molecule has 1 heterocycles. The predicted molar refractivity (Wildman–Crippen MR) is 80.9 cm³/mol. The highest BCUT2D eigenvalue weighted by atomic mass is 32.1. The number of anilines is 1. The van der Waals surface area contributed by atoms with Gasteiger partial charge in [0, 0.05) is 5.56 Å². The molecule has 2 aromatic rings. The molecule has 0 saturated heterocycles. The number of hydrogen-bond acceptors (Lipinski definition) is 6. The molecule has 0 fully saturated rings. The summed E-state index contributed by atoms with van der Waals surface area (Å²) in [5.74, 6) is -0.528. The number of esters is 1. The molecular formula is C14H12F3N3O2S. The molecule has 0 atom stereocenters. The Balaban J connectivity index is 2.16. The number of nitrogens with one attached hydrogen (secondary N) is 1. The second-order valence-electron chi connectivity index (χ2n) is 4.38. The van der Waals surface area contributed by atoms with E-state index in [0.29, 0.717) is 10.6 Å². The molecule has 0 saturated carbocycles. The van der Waals surface area contributed by atoms with Crippen LogP contribution < -0.4 is 5.43 Å². The molecule has 0 unspecified atom stereocenters. The lowest BCUT2D eigenvalue weighted by Crippen LogP contribution is -2.08. The standard InChI is InChI=1S/C14H12F3N3O2S/c1-8-11(12(21)22-2)23-13(19-8)20-18-7-9-5-3-4-6-10(9)14(15,16)17/h3-7H,1-2H3,(H,19,20)/b18-7+. The minimum absolute atomic E-state index is 0.0750. The first-order valence-electron chi connectivity index (χ1n) is 6.34. The maximum Gasteiger partial charge on any atom is 0.417 e. The first kappa shape index (κ1) is 16.9. The summed E-state index contributed by atoms with van der Waals surface area (Å²) in [7, 11) is 1.25. The minimum Gasteiger partial charge on any atom is -0.465 e. The second-order valence-corrected chi connectivity index (χ2v) is 5.38. The van der Waals surface area contributed by atoms with Gasteiger partial charge in [-0.1, -0.05) is 29.5 Å². The van der Waals surface area contributed by atoms with E-state index in [1.54, 1.807) is 6.92 Å². The molecule has 1 N–H and O–H groups in total. The van der Waals surface area contributed by atoms with Gasteiger partial charge in [-0.2, -0.15) is 18.3 Å². The molecule has 0 aliphatic heterocycles. The van der Waals surface area contributed by atoms with Gasteiger partial charge < -0.3 is 4.74 Å². The molecule has 2 rings (SSSR count). The van der Waals surface area contributed by atoms with Crippen molar-refractivity contribution in [3.05, 3.63) is 46.0 Å². The Kier molecular flexibility index (Phi) is 4.99. The molecule has 0 aliphatic rings. The summed E-state index contributed by atoms with van der Waals surface area (Å²) in [5.41, 5.74) is 2.11. The lowest BCUT2D eigenvalue weighted by atomic mass is 10.1. The van der Waals surface area contributed by atoms with Crippen LogP contribution in [0.4, 0.5) is 18.3 Å². The number of rotatable bonds is 4. The molecule has 122 valence electrons. The number of hydrogen-bond donors (Lipinski definition) is 1. The van der Waals surface area contributed by atoms with Crippen LogP contribution in [0.15, 0.2) is 29.4 Å². The van der Waals surface area contributed by atoms with E-state index < -0.39 is 17.7 Å². The van der Waals surface area contributed by atoms with Gasteiger partial charge >= 0.3 is 12.1 Å². The highest BCUT2D eigenvalue weighted by Gasteiger charge is 2.32. The van der Waals surface area contributed by atoms with Crippen LogP contribution in [0, 0.1) is 6.92 Å². The van der Waals surface area contributed by atoms with E-state index in [4.69, 9.17) is 0 Å². The number of ether oxygens (including phenoxy) is 1. The van der Waals surface area contributed by atoms with Crippen LogP contribution in [-0.4, -0.2) is 24.3 Å². The van der Waals surface area contributed by atoms with Crippen LogP contribution in [0.3, 0.4) is 0 Å². The third-order valence-corrected chi connectivity index (χ3v) is 3.84. The van der Waals surface area contributed by atoms with E-state index in [-0.39, 0.29) is 10.7 Å². The summed E-state index contributed by atoms with van der Waals surface area (Å²) in [6.45, 7) is 1.62. The van der Waals surface area contributed by atoms with Crippen molar-refractivity contribution in [3.8, 4) is 0 Å². The van der Waals surface area contributed by atoms with Crippen molar-refractivity contribution in [2.24, 2.45) is 5.10 Å². The Morgan fingerprint density at radius 3 is 2.74 bits per heavy atom. The number of aromatic nitrogens is 1. The molecule has 5 nitrogen and oxygen atoms in total. The van der Waals surface area contributed by atoms with Crippen molar-refractivity contribution in [3.63, 3.8) is 0 Å². The van der Waals surface area contributed by atoms with E-state index in [1.165, 1.54) is 25.3 Å². The average molecular weight is 343 g/mol. The van der Waals surface area contributed by atoms with E-state index in [2.05, 4.69) is 20.2 Å². The summed E-state index contributed by atoms with van der Waals surface area (Å²) in [4.78, 5) is 15.8. The summed E-state index contributed by atoms with van der Waals surface area (Å²) >= 11 is 1.00. The number of carbonyl (C=O) groups excluding carboxylic acids is 1. The number of methoxy groups -OCH3 is 1. The van der Waals surface area contributed by atoms with Gasteiger partial charge in [-0.25, -0.2) is 9.78 Å². The zero-order valence-corrected chi connectivity index (χ0v) is 13.0. The fraction of sp³-hybridized carbons (Fsp3) is 0.214. The quantitative estimate of drug-likeness (QED) is 0.522. The zero-order valence-electron chi connectivity index (χ0n) is 12.1. The fourth-order valence-electron chi connectivity index (χ4n) is 1.75. The SMILES string of the molecule is COC(=O)c1sc(N/N=C/c2ccccc2C(F)(F)F)nc1C. The number of alkyl halides is 3. The van der Waals surface area contributed by atoms with E-state index in [9.17, 15) is 18.0 Å². The molecule has 0 radical (unpaired) electrons. The van der Waals surface area contributed by atoms with Crippen molar-refractivity contribution >= 4 is 28.7 Å². The highest BCUT2D eigenvalue weighted by molar-refractivity contribution is 7.17. The van der Waals surface area contributed by atoms with Gasteiger partial charge in [-0.05, 0) is 13.0 Å². The van der Waals surface area contributed by atoms with Gasteiger partial charge in [-0.15, -0.1) is 0 Å². The smallest absolute Gasteiger partial charge is 0.417 e. The molecule has 0 spiro atoms. The first-order valence-corrected chi connectivity index (χ1v) is 7.15. The van der Waals surface area contributed by atoms with Crippen molar-refractivity contribution in [1.29, 1.82) is 0 Å². The first-order chi connectivity index (χ1) is 10.8. The maximum absolute atomic E-state index is 12.8. The van der Waals surface area contributed by atoms with E-state index in [1.807, 2.05) is 0 Å². The van der Waals surface area contributed by atoms with Crippen LogP contribution >= 0.6 is 11.3 Å². The number of thiazole rings is 1. The molecular weight excluding hydrogens is 331 g/mol. The Morgan fingerprint density at radius 1 is 1.39 bits per heavy atom. The van der Waals surface area contributed by atoms with Crippen molar-refractivity contribution in [1.82, 2.24) is 4.98 Å². The van der Waals surface area contributed by atoms with Crippen LogP contribution in [-0.2, 0) is 10.9 Å². The van der Waals surface area contributed by atoms with E-state index >= 15 is 0 Å². The van der Waals surface area contributed by atoms with Gasteiger partial charge in [0.1, 0.15) is 4.88 Å². The number of carbonyl (C=O) groups is 1. The lowest BCUT2D eigenvalue weighted by Gasteiger charge is -2.08. The van der Waals surface area contributed by atoms with Gasteiger partial charge in [0.2, 0.25) is 5.13 Å². The summed E-state index contributed by atoms with van der Waals surface area (Å²) in [5, 5.41) is 4.03. The molecule has 0 amide bonds. The monoisotopic (exact) mass is 343 g/mol. The van der Waals surface area contributed by atoms with Crippen LogP contribution in [0.1, 0.15) is 26.5 Å². The molecule has 0 aliphatic carbocycles. The summed E-state index contributed by atoms with van der Waals surface area (Å²) in [6.07, 6.45) is -3.41. The summed E-state index contributed by atoms with van der Waals surface area (Å²) < 4.78 is 43.1. The van der Waals surface area contributed by atoms with Crippen molar-refractivity contribution in [2.75, 3.05) is 12.5 Å². The molecule has 0 bridgehead atoms. The van der Waals surface area contributed by atoms with Gasteiger partial charge in [-0.3, -0.25) is 5.43 Å². The van der Waals surface area contributed by atoms with Crippen LogP contribution in [0.2, 0.25) is 0 Å². The molecule has 1 aromatic heterocycles.